The Labute approximate surface area is 129 Å². The van der Waals surface area contributed by atoms with Crippen molar-refractivity contribution in [1.82, 2.24) is 9.88 Å². The molecule has 0 saturated carbocycles. The van der Waals surface area contributed by atoms with Gasteiger partial charge in [-0.15, -0.1) is 0 Å². The van der Waals surface area contributed by atoms with Crippen LogP contribution in [-0.2, 0) is 0 Å². The molecule has 0 N–H and O–H groups in total. The Morgan fingerprint density at radius 3 is 2.24 bits per heavy atom. The Hall–Kier alpha value is -1.09. The Morgan fingerprint density at radius 2 is 1.81 bits per heavy atom. The second-order valence-corrected chi connectivity index (χ2v) is 8.35. The van der Waals surface area contributed by atoms with E-state index in [0.29, 0.717) is 6.04 Å². The molecule has 1 fully saturated rings. The van der Waals surface area contributed by atoms with Crippen LogP contribution in [0.5, 0.6) is 5.88 Å². The molecule has 21 heavy (non-hydrogen) atoms. The van der Waals surface area contributed by atoms with Gasteiger partial charge in [-0.25, -0.2) is 4.98 Å². The van der Waals surface area contributed by atoms with E-state index < -0.39 is 0 Å². The highest BCUT2D eigenvalue weighted by atomic mass is 16.5. The van der Waals surface area contributed by atoms with Crippen LogP contribution in [0, 0.1) is 12.3 Å². The number of ether oxygens (including phenoxy) is 1. The molecule has 0 amide bonds. The van der Waals surface area contributed by atoms with Crippen LogP contribution in [-0.4, -0.2) is 34.1 Å². The first-order valence-electron chi connectivity index (χ1n) is 7.93. The summed E-state index contributed by atoms with van der Waals surface area (Å²) in [6.07, 6.45) is 3.16. The minimum absolute atomic E-state index is 0.163. The average molecular weight is 290 g/mol. The molecule has 1 aromatic rings. The Kier molecular flexibility index (Phi) is 4.34. The number of nitrogens with zero attached hydrogens (tertiary/aromatic N) is 2. The molecule has 0 radical (unpaired) electrons. The normalized spacial score (nSPS) is 24.3. The van der Waals surface area contributed by atoms with Crippen molar-refractivity contribution in [2.45, 2.75) is 72.6 Å². The molecule has 1 aliphatic heterocycles. The lowest BCUT2D eigenvalue weighted by Crippen LogP contribution is -2.49. The molecule has 0 aliphatic carbocycles. The predicted octanol–water partition coefficient (Wildman–Crippen LogP) is 4.06. The molecule has 2 atom stereocenters. The summed E-state index contributed by atoms with van der Waals surface area (Å²) in [5.74, 6) is 0.744. The summed E-state index contributed by atoms with van der Waals surface area (Å²) in [5.41, 5.74) is 1.58. The highest BCUT2D eigenvalue weighted by molar-refractivity contribution is 5.17. The van der Waals surface area contributed by atoms with Gasteiger partial charge in [0.1, 0.15) is 6.10 Å². The molecule has 0 bridgehead atoms. The molecule has 0 aromatic carbocycles. The lowest BCUT2D eigenvalue weighted by molar-refractivity contribution is 0.0557. The number of aromatic nitrogens is 1. The van der Waals surface area contributed by atoms with Gasteiger partial charge in [0.15, 0.2) is 0 Å². The summed E-state index contributed by atoms with van der Waals surface area (Å²) >= 11 is 0. The molecule has 2 heterocycles. The van der Waals surface area contributed by atoms with Gasteiger partial charge in [-0.05, 0) is 38.7 Å². The van der Waals surface area contributed by atoms with Crippen LogP contribution in [0.15, 0.2) is 18.3 Å². The van der Waals surface area contributed by atoms with E-state index in [2.05, 4.69) is 57.5 Å². The third kappa shape index (κ3) is 3.97. The molecule has 1 saturated heterocycles. The van der Waals surface area contributed by atoms with Crippen molar-refractivity contribution in [2.24, 2.45) is 5.41 Å². The van der Waals surface area contributed by atoms with E-state index >= 15 is 0 Å². The van der Waals surface area contributed by atoms with Crippen LogP contribution in [0.2, 0.25) is 0 Å². The molecule has 118 valence electrons. The zero-order valence-electron chi connectivity index (χ0n) is 14.6. The summed E-state index contributed by atoms with van der Waals surface area (Å²) in [5, 5.41) is 0. The van der Waals surface area contributed by atoms with Gasteiger partial charge in [-0.3, -0.25) is 4.90 Å². The average Bonchev–Trinajstić information content (AvgIpc) is 2.76. The van der Waals surface area contributed by atoms with E-state index in [1.807, 2.05) is 19.2 Å². The topological polar surface area (TPSA) is 25.4 Å². The molecule has 0 spiro atoms. The zero-order valence-corrected chi connectivity index (χ0v) is 14.6. The molecule has 1 unspecified atom stereocenters. The van der Waals surface area contributed by atoms with Crippen molar-refractivity contribution in [3.8, 4) is 5.88 Å². The quantitative estimate of drug-likeness (QED) is 0.821. The van der Waals surface area contributed by atoms with Gasteiger partial charge in [0.25, 0.3) is 0 Å². The molecule has 3 heteroatoms. The van der Waals surface area contributed by atoms with E-state index in [4.69, 9.17) is 4.74 Å². The Bertz CT molecular complexity index is 445. The lowest BCUT2D eigenvalue weighted by atomic mass is 9.83. The van der Waals surface area contributed by atoms with Crippen LogP contribution in [0.25, 0.3) is 0 Å². The minimum Gasteiger partial charge on any atom is -0.473 e. The van der Waals surface area contributed by atoms with Crippen LogP contribution < -0.4 is 4.74 Å². The van der Waals surface area contributed by atoms with Crippen LogP contribution in [0.4, 0.5) is 0 Å². The van der Waals surface area contributed by atoms with Gasteiger partial charge in [-0.1, -0.05) is 26.8 Å². The van der Waals surface area contributed by atoms with Crippen molar-refractivity contribution < 1.29 is 4.74 Å². The first-order valence-corrected chi connectivity index (χ1v) is 7.93. The largest absolute Gasteiger partial charge is 0.473 e. The van der Waals surface area contributed by atoms with Crippen LogP contribution in [0.3, 0.4) is 0 Å². The highest BCUT2D eigenvalue weighted by Crippen LogP contribution is 2.38. The van der Waals surface area contributed by atoms with Gasteiger partial charge in [0.2, 0.25) is 5.88 Å². The maximum atomic E-state index is 6.13. The van der Waals surface area contributed by atoms with Crippen molar-refractivity contribution in [3.63, 3.8) is 0 Å². The van der Waals surface area contributed by atoms with Gasteiger partial charge >= 0.3 is 0 Å². The van der Waals surface area contributed by atoms with E-state index in [9.17, 15) is 0 Å². The SMILES string of the molecule is Cc1ccc(OC2C[C@@H](C(C)(C)C)N(C(C)(C)C)C2)nc1. The van der Waals surface area contributed by atoms with Crippen LogP contribution >= 0.6 is 0 Å². The smallest absolute Gasteiger partial charge is 0.213 e. The standard InChI is InChI=1S/C18H30N2O/c1-13-8-9-16(19-11-13)21-14-10-15(17(2,3)4)20(12-14)18(5,6)7/h8-9,11,14-15H,10,12H2,1-7H3/t14?,15-/m0/s1. The number of aryl methyl sites for hydroxylation is 1. The maximum absolute atomic E-state index is 6.13. The first kappa shape index (κ1) is 16.3. The highest BCUT2D eigenvalue weighted by Gasteiger charge is 2.44. The van der Waals surface area contributed by atoms with E-state index in [1.54, 1.807) is 0 Å². The molecular weight excluding hydrogens is 260 g/mol. The third-order valence-corrected chi connectivity index (χ3v) is 4.30. The fourth-order valence-electron chi connectivity index (χ4n) is 3.14. The van der Waals surface area contributed by atoms with Crippen molar-refractivity contribution in [3.05, 3.63) is 23.9 Å². The molecule has 1 aliphatic rings. The summed E-state index contributed by atoms with van der Waals surface area (Å²) in [7, 11) is 0. The van der Waals surface area contributed by atoms with Crippen molar-refractivity contribution >= 4 is 0 Å². The number of likely N-dealkylation sites (tertiary alicyclic amines) is 1. The van der Waals surface area contributed by atoms with Gasteiger partial charge in [0.05, 0.1) is 0 Å². The number of hydrogen-bond donors (Lipinski definition) is 0. The fraction of sp³-hybridized carbons (Fsp3) is 0.722. The monoisotopic (exact) mass is 290 g/mol. The second-order valence-electron chi connectivity index (χ2n) is 8.35. The van der Waals surface area contributed by atoms with Gasteiger partial charge < -0.3 is 4.74 Å². The maximum Gasteiger partial charge on any atom is 0.213 e. The summed E-state index contributed by atoms with van der Waals surface area (Å²) in [6.45, 7) is 16.9. The number of hydrogen-bond acceptors (Lipinski definition) is 3. The van der Waals surface area contributed by atoms with E-state index in [-0.39, 0.29) is 17.1 Å². The summed E-state index contributed by atoms with van der Waals surface area (Å²) in [6, 6.07) is 4.56. The molecule has 2 rings (SSSR count). The Morgan fingerprint density at radius 1 is 1.14 bits per heavy atom. The Balaban J connectivity index is 2.12. The molecule has 3 nitrogen and oxygen atoms in total. The summed E-state index contributed by atoms with van der Waals surface area (Å²) < 4.78 is 6.13. The van der Waals surface area contributed by atoms with Crippen LogP contribution in [0.1, 0.15) is 53.5 Å². The van der Waals surface area contributed by atoms with Crippen molar-refractivity contribution in [1.29, 1.82) is 0 Å². The fourth-order valence-corrected chi connectivity index (χ4v) is 3.14. The van der Waals surface area contributed by atoms with E-state index in [1.165, 1.54) is 0 Å². The predicted molar refractivity (Wildman–Crippen MR) is 87.7 cm³/mol. The molecule has 1 aromatic heterocycles. The lowest BCUT2D eigenvalue weighted by Gasteiger charge is -2.42. The van der Waals surface area contributed by atoms with Gasteiger partial charge in [-0.2, -0.15) is 0 Å². The zero-order chi connectivity index (χ0) is 15.8. The summed E-state index contributed by atoms with van der Waals surface area (Å²) in [4.78, 5) is 6.96. The number of pyridine rings is 1. The van der Waals surface area contributed by atoms with Crippen molar-refractivity contribution in [2.75, 3.05) is 6.54 Å². The molecular formula is C18H30N2O. The van der Waals surface area contributed by atoms with Gasteiger partial charge in [0, 0.05) is 36.8 Å². The minimum atomic E-state index is 0.163. The number of rotatable bonds is 2. The third-order valence-electron chi connectivity index (χ3n) is 4.30. The van der Waals surface area contributed by atoms with E-state index in [0.717, 1.165) is 24.4 Å². The second kappa shape index (κ2) is 5.60. The first-order chi connectivity index (χ1) is 9.57.